The van der Waals surface area contributed by atoms with Crippen molar-refractivity contribution in [2.75, 3.05) is 13.7 Å². The molecule has 0 aliphatic heterocycles. The smallest absolute Gasteiger partial charge is 0.254 e. The van der Waals surface area contributed by atoms with Gasteiger partial charge in [0, 0.05) is 37.6 Å². The molecule has 0 saturated carbocycles. The van der Waals surface area contributed by atoms with Crippen LogP contribution in [0.3, 0.4) is 0 Å². The van der Waals surface area contributed by atoms with E-state index in [2.05, 4.69) is 15.3 Å². The first-order chi connectivity index (χ1) is 16.5. The molecule has 0 bridgehead atoms. The van der Waals surface area contributed by atoms with Gasteiger partial charge in [0.25, 0.3) is 5.56 Å². The highest BCUT2D eigenvalue weighted by Gasteiger charge is 2.14. The molecule has 0 saturated heterocycles. The molecule has 0 radical (unpaired) electrons. The maximum atomic E-state index is 12.8. The summed E-state index contributed by atoms with van der Waals surface area (Å²) in [6.45, 7) is 4.70. The number of pyridine rings is 1. The molecular formula is C26H32N4O4. The minimum absolute atomic E-state index is 0.0731. The number of rotatable bonds is 12. The van der Waals surface area contributed by atoms with Crippen molar-refractivity contribution in [2.24, 2.45) is 0 Å². The van der Waals surface area contributed by atoms with Crippen LogP contribution in [-0.4, -0.2) is 34.1 Å². The van der Waals surface area contributed by atoms with Crippen LogP contribution in [-0.2, 0) is 11.4 Å². The zero-order valence-corrected chi connectivity index (χ0v) is 20.0. The maximum Gasteiger partial charge on any atom is 0.254 e. The minimum Gasteiger partial charge on any atom is -0.494 e. The standard InChI is InChI=1S/C26H32N4O4/c1-19-16-23(34-18-24-28-13-7-14-29-24)17-26(32)30(19)20(2)21-9-11-22(12-10-21)33-15-6-4-5-8-25(31)27-3/h7,9-14,16-17,20H,4-6,8,15,18H2,1-3H3,(H,27,31)/t20-/m1/s1. The first kappa shape index (κ1) is 25.0. The first-order valence-electron chi connectivity index (χ1n) is 11.5. The van der Waals surface area contributed by atoms with Gasteiger partial charge in [-0.05, 0) is 62.9 Å². The highest BCUT2D eigenvalue weighted by molar-refractivity contribution is 5.75. The normalized spacial score (nSPS) is 11.6. The summed E-state index contributed by atoms with van der Waals surface area (Å²) in [6, 6.07) is 12.8. The van der Waals surface area contributed by atoms with Gasteiger partial charge in [0.1, 0.15) is 18.1 Å². The maximum absolute atomic E-state index is 12.8. The van der Waals surface area contributed by atoms with Crippen LogP contribution in [0.25, 0.3) is 0 Å². The van der Waals surface area contributed by atoms with Crippen LogP contribution in [0.5, 0.6) is 11.5 Å². The summed E-state index contributed by atoms with van der Waals surface area (Å²) in [5.41, 5.74) is 1.68. The number of nitrogens with one attached hydrogen (secondary N) is 1. The number of aromatic nitrogens is 3. The van der Waals surface area contributed by atoms with Crippen molar-refractivity contribution < 1.29 is 14.3 Å². The summed E-state index contributed by atoms with van der Waals surface area (Å²) in [4.78, 5) is 32.3. The van der Waals surface area contributed by atoms with E-state index in [4.69, 9.17) is 9.47 Å². The van der Waals surface area contributed by atoms with E-state index in [1.54, 1.807) is 30.1 Å². The van der Waals surface area contributed by atoms with Crippen LogP contribution in [0.4, 0.5) is 0 Å². The molecule has 0 aliphatic carbocycles. The first-order valence-corrected chi connectivity index (χ1v) is 11.5. The highest BCUT2D eigenvalue weighted by Crippen LogP contribution is 2.23. The molecule has 8 nitrogen and oxygen atoms in total. The molecule has 8 heteroatoms. The predicted molar refractivity (Wildman–Crippen MR) is 130 cm³/mol. The molecule has 0 unspecified atom stereocenters. The van der Waals surface area contributed by atoms with E-state index < -0.39 is 0 Å². The topological polar surface area (TPSA) is 95.3 Å². The molecule has 34 heavy (non-hydrogen) atoms. The van der Waals surface area contributed by atoms with Gasteiger partial charge in [0.05, 0.1) is 12.6 Å². The van der Waals surface area contributed by atoms with Gasteiger partial charge in [-0.3, -0.25) is 9.59 Å². The van der Waals surface area contributed by atoms with E-state index in [-0.39, 0.29) is 24.1 Å². The van der Waals surface area contributed by atoms with Crippen molar-refractivity contribution in [1.29, 1.82) is 0 Å². The van der Waals surface area contributed by atoms with Gasteiger partial charge in [-0.2, -0.15) is 0 Å². The van der Waals surface area contributed by atoms with Crippen molar-refractivity contribution in [2.45, 2.75) is 52.2 Å². The lowest BCUT2D eigenvalue weighted by molar-refractivity contribution is -0.120. The van der Waals surface area contributed by atoms with Crippen LogP contribution in [0, 0.1) is 6.92 Å². The fourth-order valence-corrected chi connectivity index (χ4v) is 3.69. The SMILES string of the molecule is CNC(=O)CCCCCOc1ccc([C@@H](C)n2c(C)cc(OCc3ncccn3)cc2=O)cc1. The molecule has 0 spiro atoms. The number of amides is 1. The van der Waals surface area contributed by atoms with Crippen LogP contribution in [0.1, 0.15) is 55.7 Å². The molecule has 2 aromatic heterocycles. The molecule has 1 atom stereocenters. The molecule has 180 valence electrons. The molecule has 1 amide bonds. The van der Waals surface area contributed by atoms with E-state index in [1.165, 1.54) is 6.07 Å². The van der Waals surface area contributed by atoms with Crippen molar-refractivity contribution in [1.82, 2.24) is 19.9 Å². The highest BCUT2D eigenvalue weighted by atomic mass is 16.5. The van der Waals surface area contributed by atoms with Gasteiger partial charge in [-0.15, -0.1) is 0 Å². The average molecular weight is 465 g/mol. The molecule has 0 fully saturated rings. The number of aryl methyl sites for hydroxylation is 1. The second-order valence-corrected chi connectivity index (χ2v) is 8.07. The lowest BCUT2D eigenvalue weighted by Gasteiger charge is -2.20. The molecule has 1 N–H and O–H groups in total. The molecule has 1 aromatic carbocycles. The number of carbonyl (C=O) groups is 1. The largest absolute Gasteiger partial charge is 0.494 e. The van der Waals surface area contributed by atoms with E-state index in [0.717, 1.165) is 36.3 Å². The Hall–Kier alpha value is -3.68. The Kier molecular flexibility index (Phi) is 9.20. The Morgan fingerprint density at radius 3 is 2.44 bits per heavy atom. The van der Waals surface area contributed by atoms with E-state index in [1.807, 2.05) is 44.2 Å². The monoisotopic (exact) mass is 464 g/mol. The number of ether oxygens (including phenoxy) is 2. The number of nitrogens with zero attached hydrogens (tertiary/aromatic N) is 3. The molecule has 2 heterocycles. The second kappa shape index (κ2) is 12.5. The van der Waals surface area contributed by atoms with Crippen LogP contribution < -0.4 is 20.3 Å². The van der Waals surface area contributed by atoms with Gasteiger partial charge in [0.2, 0.25) is 5.91 Å². The minimum atomic E-state index is -0.141. The van der Waals surface area contributed by atoms with Crippen molar-refractivity contribution in [3.63, 3.8) is 0 Å². The number of benzene rings is 1. The summed E-state index contributed by atoms with van der Waals surface area (Å²) in [7, 11) is 1.65. The molecule has 3 rings (SSSR count). The third-order valence-electron chi connectivity index (χ3n) is 5.57. The Morgan fingerprint density at radius 2 is 1.76 bits per heavy atom. The van der Waals surface area contributed by atoms with Crippen LogP contribution in [0.15, 0.2) is 59.7 Å². The van der Waals surface area contributed by atoms with Gasteiger partial charge in [-0.25, -0.2) is 9.97 Å². The number of hydrogen-bond acceptors (Lipinski definition) is 6. The van der Waals surface area contributed by atoms with Crippen LogP contribution >= 0.6 is 0 Å². The molecule has 0 aliphatic rings. The molecule has 3 aromatic rings. The van der Waals surface area contributed by atoms with Gasteiger partial charge in [0.15, 0.2) is 5.82 Å². The fourth-order valence-electron chi connectivity index (χ4n) is 3.69. The average Bonchev–Trinajstić information content (AvgIpc) is 2.85. The van der Waals surface area contributed by atoms with Gasteiger partial charge < -0.3 is 19.4 Å². The summed E-state index contributed by atoms with van der Waals surface area (Å²) in [5, 5.41) is 2.63. The van der Waals surface area contributed by atoms with Gasteiger partial charge >= 0.3 is 0 Å². The zero-order valence-electron chi connectivity index (χ0n) is 20.0. The van der Waals surface area contributed by atoms with Gasteiger partial charge in [-0.1, -0.05) is 12.1 Å². The summed E-state index contributed by atoms with van der Waals surface area (Å²) in [5.74, 6) is 1.92. The summed E-state index contributed by atoms with van der Waals surface area (Å²) in [6.07, 6.45) is 6.57. The van der Waals surface area contributed by atoms with Crippen molar-refractivity contribution >= 4 is 5.91 Å². The Labute approximate surface area is 200 Å². The fraction of sp³-hybridized carbons (Fsp3) is 0.385. The predicted octanol–water partition coefficient (Wildman–Crippen LogP) is 3.82. The summed E-state index contributed by atoms with van der Waals surface area (Å²) < 4.78 is 13.3. The van der Waals surface area contributed by atoms with Crippen molar-refractivity contribution in [3.8, 4) is 11.5 Å². The van der Waals surface area contributed by atoms with Crippen LogP contribution in [0.2, 0.25) is 0 Å². The Morgan fingerprint density at radius 1 is 1.03 bits per heavy atom. The second-order valence-electron chi connectivity index (χ2n) is 8.07. The number of carbonyl (C=O) groups excluding carboxylic acids is 1. The number of unbranched alkanes of at least 4 members (excludes halogenated alkanes) is 2. The quantitative estimate of drug-likeness (QED) is 0.410. The summed E-state index contributed by atoms with van der Waals surface area (Å²) >= 11 is 0. The Balaban J connectivity index is 1.55. The Bertz CT molecular complexity index is 1110. The van der Waals surface area contributed by atoms with E-state index in [0.29, 0.717) is 24.6 Å². The molecular weight excluding hydrogens is 432 g/mol. The third kappa shape index (κ3) is 7.16. The number of hydrogen-bond donors (Lipinski definition) is 1. The van der Waals surface area contributed by atoms with E-state index in [9.17, 15) is 9.59 Å². The van der Waals surface area contributed by atoms with E-state index >= 15 is 0 Å². The zero-order chi connectivity index (χ0) is 24.3. The lowest BCUT2D eigenvalue weighted by Crippen LogP contribution is -2.25. The lowest BCUT2D eigenvalue weighted by atomic mass is 10.1. The van der Waals surface area contributed by atoms with Crippen molar-refractivity contribution in [3.05, 3.63) is 82.3 Å². The third-order valence-corrected chi connectivity index (χ3v) is 5.57.